The van der Waals surface area contributed by atoms with Crippen molar-refractivity contribution in [3.8, 4) is 0 Å². The predicted octanol–water partition coefficient (Wildman–Crippen LogP) is 2.62. The zero-order chi connectivity index (χ0) is 14.9. The lowest BCUT2D eigenvalue weighted by Crippen LogP contribution is -2.36. The van der Waals surface area contributed by atoms with Gasteiger partial charge in [0.15, 0.2) is 0 Å². The third kappa shape index (κ3) is 2.11. The van der Waals surface area contributed by atoms with Crippen molar-refractivity contribution in [1.82, 2.24) is 15.2 Å². The molecule has 0 radical (unpaired) electrons. The number of para-hydroxylation sites is 2. The second-order valence-corrected chi connectivity index (χ2v) is 5.31. The number of anilines is 1. The van der Waals surface area contributed by atoms with Gasteiger partial charge in [0.05, 0.1) is 5.52 Å². The van der Waals surface area contributed by atoms with Crippen LogP contribution in [0.25, 0.3) is 11.0 Å². The minimum Gasteiger partial charge on any atom is -0.305 e. The molecule has 0 N–H and O–H groups in total. The topological polar surface area (TPSA) is 59.0 Å². The van der Waals surface area contributed by atoms with Gasteiger partial charge in [0.1, 0.15) is 5.52 Å². The average molecular weight is 290 g/mol. The van der Waals surface area contributed by atoms with E-state index >= 15 is 0 Å². The number of nitrogens with zero attached hydrogens (tertiary/aromatic N) is 4. The average Bonchev–Trinajstić information content (AvgIpc) is 2.60. The number of benzene rings is 2. The summed E-state index contributed by atoms with van der Waals surface area (Å²) in [5, 5.41) is 8.10. The largest absolute Gasteiger partial charge is 0.305 e. The standard InChI is InChI=1S/C17H14N4O/c22-17(16-18-13-8-2-3-9-14(13)19-20-16)21-11-5-7-12-6-1-4-10-15(12)21/h1-4,6,8-10H,5,7,11H2. The highest BCUT2D eigenvalue weighted by Gasteiger charge is 2.25. The molecule has 0 saturated heterocycles. The zero-order valence-corrected chi connectivity index (χ0v) is 11.9. The first kappa shape index (κ1) is 12.9. The molecule has 5 heteroatoms. The Morgan fingerprint density at radius 2 is 1.73 bits per heavy atom. The van der Waals surface area contributed by atoms with Crippen molar-refractivity contribution in [3.63, 3.8) is 0 Å². The molecule has 108 valence electrons. The lowest BCUT2D eigenvalue weighted by Gasteiger charge is -2.28. The first-order valence-corrected chi connectivity index (χ1v) is 7.32. The number of hydrogen-bond donors (Lipinski definition) is 0. The molecular weight excluding hydrogens is 276 g/mol. The minimum atomic E-state index is -0.189. The molecule has 1 aliphatic heterocycles. The predicted molar refractivity (Wildman–Crippen MR) is 83.8 cm³/mol. The van der Waals surface area contributed by atoms with E-state index < -0.39 is 0 Å². The van der Waals surface area contributed by atoms with Gasteiger partial charge in [0.25, 0.3) is 5.91 Å². The summed E-state index contributed by atoms with van der Waals surface area (Å²) in [5.41, 5.74) is 3.52. The summed E-state index contributed by atoms with van der Waals surface area (Å²) in [7, 11) is 0. The van der Waals surface area contributed by atoms with E-state index in [1.54, 1.807) is 4.90 Å². The van der Waals surface area contributed by atoms with Gasteiger partial charge in [-0.1, -0.05) is 30.3 Å². The number of amides is 1. The lowest BCUT2D eigenvalue weighted by atomic mass is 10.0. The third-order valence-electron chi connectivity index (χ3n) is 3.91. The van der Waals surface area contributed by atoms with Crippen LogP contribution in [0.2, 0.25) is 0 Å². The summed E-state index contributed by atoms with van der Waals surface area (Å²) in [4.78, 5) is 18.9. The van der Waals surface area contributed by atoms with Crippen LogP contribution in [0.4, 0.5) is 5.69 Å². The smallest absolute Gasteiger partial charge is 0.297 e. The van der Waals surface area contributed by atoms with Gasteiger partial charge < -0.3 is 4.90 Å². The second-order valence-electron chi connectivity index (χ2n) is 5.31. The van der Waals surface area contributed by atoms with Crippen molar-refractivity contribution in [2.45, 2.75) is 12.8 Å². The summed E-state index contributed by atoms with van der Waals surface area (Å²) in [6, 6.07) is 15.4. The van der Waals surface area contributed by atoms with Crippen molar-refractivity contribution >= 4 is 22.6 Å². The molecular formula is C17H14N4O. The molecule has 0 bridgehead atoms. The van der Waals surface area contributed by atoms with E-state index in [-0.39, 0.29) is 11.7 Å². The molecule has 1 aromatic heterocycles. The molecule has 0 spiro atoms. The normalized spacial score (nSPS) is 13.9. The SMILES string of the molecule is O=C(c1nnc2ccccc2n1)N1CCCc2ccccc21. The lowest BCUT2D eigenvalue weighted by molar-refractivity contribution is 0.0974. The van der Waals surface area contributed by atoms with Crippen LogP contribution in [-0.4, -0.2) is 27.6 Å². The molecule has 4 rings (SSSR count). The van der Waals surface area contributed by atoms with Crippen LogP contribution in [0, 0.1) is 0 Å². The summed E-state index contributed by atoms with van der Waals surface area (Å²) in [6.07, 6.45) is 1.94. The minimum absolute atomic E-state index is 0.149. The molecule has 0 saturated carbocycles. The van der Waals surface area contributed by atoms with Gasteiger partial charge in [-0.2, -0.15) is 0 Å². The van der Waals surface area contributed by atoms with Crippen LogP contribution in [0.1, 0.15) is 22.6 Å². The molecule has 2 aromatic carbocycles. The Bertz CT molecular complexity index is 862. The van der Waals surface area contributed by atoms with E-state index in [2.05, 4.69) is 21.2 Å². The van der Waals surface area contributed by atoms with Crippen LogP contribution in [0.15, 0.2) is 48.5 Å². The van der Waals surface area contributed by atoms with Gasteiger partial charge in [-0.3, -0.25) is 4.79 Å². The highest BCUT2D eigenvalue weighted by molar-refractivity contribution is 6.04. The maximum atomic E-state index is 12.8. The summed E-state index contributed by atoms with van der Waals surface area (Å²) in [6.45, 7) is 0.687. The number of carbonyl (C=O) groups is 1. The molecule has 0 fully saturated rings. The van der Waals surface area contributed by atoms with Crippen molar-refractivity contribution in [2.75, 3.05) is 11.4 Å². The molecule has 2 heterocycles. The van der Waals surface area contributed by atoms with E-state index in [0.717, 1.165) is 18.5 Å². The van der Waals surface area contributed by atoms with E-state index in [1.807, 2.05) is 42.5 Å². The molecule has 1 amide bonds. The Morgan fingerprint density at radius 3 is 2.64 bits per heavy atom. The first-order valence-electron chi connectivity index (χ1n) is 7.32. The fourth-order valence-electron chi connectivity index (χ4n) is 2.84. The van der Waals surface area contributed by atoms with Crippen molar-refractivity contribution in [2.24, 2.45) is 0 Å². The molecule has 22 heavy (non-hydrogen) atoms. The summed E-state index contributed by atoms with van der Waals surface area (Å²) in [5.74, 6) is -0.0409. The van der Waals surface area contributed by atoms with E-state index in [0.29, 0.717) is 17.6 Å². The molecule has 0 aliphatic carbocycles. The van der Waals surface area contributed by atoms with Gasteiger partial charge in [-0.15, -0.1) is 10.2 Å². The van der Waals surface area contributed by atoms with Crippen molar-refractivity contribution < 1.29 is 4.79 Å². The summed E-state index contributed by atoms with van der Waals surface area (Å²) >= 11 is 0. The monoisotopic (exact) mass is 290 g/mol. The van der Waals surface area contributed by atoms with E-state index in [4.69, 9.17) is 0 Å². The number of rotatable bonds is 1. The van der Waals surface area contributed by atoms with Crippen LogP contribution in [-0.2, 0) is 6.42 Å². The fraction of sp³-hybridized carbons (Fsp3) is 0.176. The number of fused-ring (bicyclic) bond motifs is 2. The van der Waals surface area contributed by atoms with Crippen LogP contribution in [0.3, 0.4) is 0 Å². The Labute approximate surface area is 127 Å². The molecule has 0 atom stereocenters. The zero-order valence-electron chi connectivity index (χ0n) is 11.9. The van der Waals surface area contributed by atoms with Gasteiger partial charge in [-0.05, 0) is 36.6 Å². The third-order valence-corrected chi connectivity index (χ3v) is 3.91. The van der Waals surface area contributed by atoms with Crippen molar-refractivity contribution in [1.29, 1.82) is 0 Å². The van der Waals surface area contributed by atoms with Crippen LogP contribution < -0.4 is 4.90 Å². The van der Waals surface area contributed by atoms with Crippen molar-refractivity contribution in [3.05, 3.63) is 59.9 Å². The number of aromatic nitrogens is 3. The van der Waals surface area contributed by atoms with Gasteiger partial charge in [0, 0.05) is 12.2 Å². The number of aryl methyl sites for hydroxylation is 1. The molecule has 0 unspecified atom stereocenters. The molecule has 5 nitrogen and oxygen atoms in total. The molecule has 3 aromatic rings. The van der Waals surface area contributed by atoms with Gasteiger partial charge in [0.2, 0.25) is 5.82 Å². The van der Waals surface area contributed by atoms with Gasteiger partial charge >= 0.3 is 0 Å². The van der Waals surface area contributed by atoms with Crippen LogP contribution in [0.5, 0.6) is 0 Å². The van der Waals surface area contributed by atoms with Gasteiger partial charge in [-0.25, -0.2) is 4.98 Å². The fourth-order valence-corrected chi connectivity index (χ4v) is 2.84. The number of hydrogen-bond acceptors (Lipinski definition) is 4. The highest BCUT2D eigenvalue weighted by Crippen LogP contribution is 2.27. The maximum absolute atomic E-state index is 12.8. The number of carbonyl (C=O) groups excluding carboxylic acids is 1. The summed E-state index contributed by atoms with van der Waals surface area (Å²) < 4.78 is 0. The van der Waals surface area contributed by atoms with E-state index in [9.17, 15) is 4.79 Å². The maximum Gasteiger partial charge on any atom is 0.297 e. The van der Waals surface area contributed by atoms with Crippen LogP contribution >= 0.6 is 0 Å². The Hall–Kier alpha value is -2.82. The highest BCUT2D eigenvalue weighted by atomic mass is 16.2. The van der Waals surface area contributed by atoms with E-state index in [1.165, 1.54) is 5.56 Å². The first-order chi connectivity index (χ1) is 10.8. The molecule has 1 aliphatic rings. The Kier molecular flexibility index (Phi) is 3.04. The second kappa shape index (κ2) is 5.18. The Morgan fingerprint density at radius 1 is 0.955 bits per heavy atom. The quantitative estimate of drug-likeness (QED) is 0.691. The Balaban J connectivity index is 1.75.